The number of amides is 1. The molecule has 0 aromatic heterocycles. The number of benzene rings is 2. The maximum Gasteiger partial charge on any atom is 0.306 e. The van der Waals surface area contributed by atoms with E-state index in [-0.39, 0.29) is 23.6 Å². The van der Waals surface area contributed by atoms with Gasteiger partial charge in [0.25, 0.3) is 11.6 Å². The average molecular weight is 360 g/mol. The number of nitro groups is 1. The molecule has 0 saturated heterocycles. The molecule has 2 aromatic rings. The topological polar surface area (TPSA) is 98.5 Å². The van der Waals surface area contributed by atoms with Crippen molar-refractivity contribution < 1.29 is 23.6 Å². The van der Waals surface area contributed by atoms with Crippen LogP contribution in [0.5, 0.6) is 0 Å². The van der Waals surface area contributed by atoms with Gasteiger partial charge in [0.05, 0.1) is 10.6 Å². The first kappa shape index (κ1) is 19.0. The van der Waals surface area contributed by atoms with E-state index in [1.54, 1.807) is 19.1 Å². The van der Waals surface area contributed by atoms with Crippen LogP contribution in [0.4, 0.5) is 15.8 Å². The zero-order valence-electron chi connectivity index (χ0n) is 14.0. The highest BCUT2D eigenvalue weighted by Crippen LogP contribution is 2.21. The summed E-state index contributed by atoms with van der Waals surface area (Å²) < 4.78 is 17.7. The number of carbonyl (C=O) groups excluding carboxylic acids is 2. The van der Waals surface area contributed by atoms with E-state index in [4.69, 9.17) is 4.74 Å². The van der Waals surface area contributed by atoms with Gasteiger partial charge in [-0.1, -0.05) is 18.2 Å². The van der Waals surface area contributed by atoms with Crippen LogP contribution in [0.1, 0.15) is 17.5 Å². The van der Waals surface area contributed by atoms with E-state index < -0.39 is 23.4 Å². The van der Waals surface area contributed by atoms with Gasteiger partial charge in [0, 0.05) is 18.6 Å². The minimum absolute atomic E-state index is 0.0503. The van der Waals surface area contributed by atoms with Gasteiger partial charge >= 0.3 is 5.97 Å². The Morgan fingerprint density at radius 1 is 1.19 bits per heavy atom. The van der Waals surface area contributed by atoms with Gasteiger partial charge in [-0.15, -0.1) is 0 Å². The van der Waals surface area contributed by atoms with Crippen molar-refractivity contribution in [2.24, 2.45) is 0 Å². The Kier molecular flexibility index (Phi) is 6.37. The number of nitrogens with zero attached hydrogens (tertiary/aromatic N) is 1. The number of rotatable bonds is 7. The van der Waals surface area contributed by atoms with Crippen LogP contribution in [0.3, 0.4) is 0 Å². The standard InChI is InChI=1S/C18H17FN2O5/c1-12-2-8-15(21(24)25)10-16(12)20-17(22)11-26-18(23)9-5-13-3-6-14(19)7-4-13/h2-4,6-8,10H,5,9,11H2,1H3,(H,20,22). The number of non-ortho nitro benzene ring substituents is 1. The van der Waals surface area contributed by atoms with Crippen molar-refractivity contribution in [2.45, 2.75) is 19.8 Å². The highest BCUT2D eigenvalue weighted by Gasteiger charge is 2.13. The van der Waals surface area contributed by atoms with Crippen LogP contribution >= 0.6 is 0 Å². The highest BCUT2D eigenvalue weighted by molar-refractivity contribution is 5.93. The van der Waals surface area contributed by atoms with Crippen molar-refractivity contribution in [2.75, 3.05) is 11.9 Å². The summed E-state index contributed by atoms with van der Waals surface area (Å²) in [6.45, 7) is 1.19. The lowest BCUT2D eigenvalue weighted by Gasteiger charge is -2.09. The molecule has 0 atom stereocenters. The lowest BCUT2D eigenvalue weighted by atomic mass is 10.1. The molecule has 0 fully saturated rings. The Morgan fingerprint density at radius 3 is 2.54 bits per heavy atom. The Morgan fingerprint density at radius 2 is 1.88 bits per heavy atom. The number of esters is 1. The zero-order chi connectivity index (χ0) is 19.1. The second kappa shape index (κ2) is 8.70. The summed E-state index contributed by atoms with van der Waals surface area (Å²) >= 11 is 0. The van der Waals surface area contributed by atoms with Gasteiger partial charge in [-0.3, -0.25) is 19.7 Å². The van der Waals surface area contributed by atoms with Gasteiger partial charge in [0.2, 0.25) is 0 Å². The molecule has 1 amide bonds. The maximum atomic E-state index is 12.8. The minimum Gasteiger partial charge on any atom is -0.456 e. The minimum atomic E-state index is -0.594. The first-order chi connectivity index (χ1) is 12.3. The molecule has 0 aliphatic rings. The molecule has 7 nitrogen and oxygen atoms in total. The van der Waals surface area contributed by atoms with E-state index in [0.717, 1.165) is 5.56 Å². The first-order valence-corrected chi connectivity index (χ1v) is 7.80. The molecule has 0 saturated carbocycles. The molecule has 0 aliphatic heterocycles. The quantitative estimate of drug-likeness (QED) is 0.465. The second-order valence-corrected chi connectivity index (χ2v) is 5.59. The van der Waals surface area contributed by atoms with Gasteiger partial charge in [-0.25, -0.2) is 4.39 Å². The summed E-state index contributed by atoms with van der Waals surface area (Å²) in [6.07, 6.45) is 0.416. The van der Waals surface area contributed by atoms with Gasteiger partial charge in [0.1, 0.15) is 5.82 Å². The van der Waals surface area contributed by atoms with Gasteiger partial charge in [-0.05, 0) is 36.6 Å². The number of hydrogen-bond donors (Lipinski definition) is 1. The van der Waals surface area contributed by atoms with Crippen molar-refractivity contribution in [3.63, 3.8) is 0 Å². The van der Waals surface area contributed by atoms with E-state index in [1.807, 2.05) is 0 Å². The average Bonchev–Trinajstić information content (AvgIpc) is 2.61. The SMILES string of the molecule is Cc1ccc([N+](=O)[O-])cc1NC(=O)COC(=O)CCc1ccc(F)cc1. The molecule has 136 valence electrons. The van der Waals surface area contributed by atoms with E-state index in [9.17, 15) is 24.1 Å². The Bertz CT molecular complexity index is 821. The molecular formula is C18H17FN2O5. The normalized spacial score (nSPS) is 10.2. The van der Waals surface area contributed by atoms with Crippen molar-refractivity contribution in [3.8, 4) is 0 Å². The Hall–Kier alpha value is -3.29. The van der Waals surface area contributed by atoms with Crippen LogP contribution in [0.15, 0.2) is 42.5 Å². The van der Waals surface area contributed by atoms with Gasteiger partial charge in [0.15, 0.2) is 6.61 Å². The van der Waals surface area contributed by atoms with Gasteiger partial charge < -0.3 is 10.1 Å². The highest BCUT2D eigenvalue weighted by atomic mass is 19.1. The van der Waals surface area contributed by atoms with Crippen LogP contribution in [0.2, 0.25) is 0 Å². The lowest BCUT2D eigenvalue weighted by Crippen LogP contribution is -2.21. The van der Waals surface area contributed by atoms with Crippen LogP contribution < -0.4 is 5.32 Å². The number of aryl methyl sites for hydroxylation is 2. The summed E-state index contributed by atoms with van der Waals surface area (Å²) in [4.78, 5) is 33.8. The lowest BCUT2D eigenvalue weighted by molar-refractivity contribution is -0.384. The molecule has 0 heterocycles. The number of ether oxygens (including phenoxy) is 1. The molecule has 0 bridgehead atoms. The Balaban J connectivity index is 1.81. The number of carbonyl (C=O) groups is 2. The molecule has 0 spiro atoms. The van der Waals surface area contributed by atoms with E-state index >= 15 is 0 Å². The van der Waals surface area contributed by atoms with Crippen LogP contribution in [0, 0.1) is 22.9 Å². The monoisotopic (exact) mass is 360 g/mol. The van der Waals surface area contributed by atoms with Crippen LogP contribution in [0.25, 0.3) is 0 Å². The number of halogens is 1. The predicted octanol–water partition coefficient (Wildman–Crippen LogP) is 3.16. The predicted molar refractivity (Wildman–Crippen MR) is 92.1 cm³/mol. The third-order valence-electron chi connectivity index (χ3n) is 3.60. The summed E-state index contributed by atoms with van der Waals surface area (Å²) in [7, 11) is 0. The van der Waals surface area contributed by atoms with Crippen molar-refractivity contribution >= 4 is 23.3 Å². The van der Waals surface area contributed by atoms with E-state index in [1.165, 1.54) is 30.3 Å². The molecule has 2 aromatic carbocycles. The number of anilines is 1. The zero-order valence-corrected chi connectivity index (χ0v) is 14.0. The second-order valence-electron chi connectivity index (χ2n) is 5.59. The molecule has 0 radical (unpaired) electrons. The van der Waals surface area contributed by atoms with Crippen LogP contribution in [-0.2, 0) is 20.7 Å². The van der Waals surface area contributed by atoms with E-state index in [0.29, 0.717) is 12.0 Å². The molecule has 8 heteroatoms. The smallest absolute Gasteiger partial charge is 0.306 e. The maximum absolute atomic E-state index is 12.8. The summed E-state index contributed by atoms with van der Waals surface area (Å²) in [6, 6.07) is 9.83. The third-order valence-corrected chi connectivity index (χ3v) is 3.60. The first-order valence-electron chi connectivity index (χ1n) is 7.80. The fraction of sp³-hybridized carbons (Fsp3) is 0.222. The fourth-order valence-corrected chi connectivity index (χ4v) is 2.16. The van der Waals surface area contributed by atoms with Crippen molar-refractivity contribution in [3.05, 3.63) is 69.5 Å². The summed E-state index contributed by atoms with van der Waals surface area (Å²) in [5.74, 6) is -1.52. The largest absolute Gasteiger partial charge is 0.456 e. The Labute approximate surface area is 148 Å². The van der Waals surface area contributed by atoms with Crippen LogP contribution in [-0.4, -0.2) is 23.4 Å². The number of nitrogens with one attached hydrogen (secondary N) is 1. The van der Waals surface area contributed by atoms with Crippen molar-refractivity contribution in [1.82, 2.24) is 0 Å². The molecular weight excluding hydrogens is 343 g/mol. The summed E-state index contributed by atoms with van der Waals surface area (Å²) in [5.41, 5.74) is 1.56. The number of hydrogen-bond acceptors (Lipinski definition) is 5. The molecule has 26 heavy (non-hydrogen) atoms. The number of nitro benzene ring substituents is 1. The summed E-state index contributed by atoms with van der Waals surface area (Å²) in [5, 5.41) is 13.3. The third kappa shape index (κ3) is 5.66. The molecule has 2 rings (SSSR count). The molecule has 0 aliphatic carbocycles. The molecule has 0 unspecified atom stereocenters. The van der Waals surface area contributed by atoms with E-state index in [2.05, 4.69) is 5.32 Å². The molecule has 1 N–H and O–H groups in total. The van der Waals surface area contributed by atoms with Gasteiger partial charge in [-0.2, -0.15) is 0 Å². The fourth-order valence-electron chi connectivity index (χ4n) is 2.16. The van der Waals surface area contributed by atoms with Crippen molar-refractivity contribution in [1.29, 1.82) is 0 Å².